The number of rotatable bonds is 4. The fourth-order valence-corrected chi connectivity index (χ4v) is 1.28. The highest BCUT2D eigenvalue weighted by molar-refractivity contribution is 5.97. The number of nitriles is 1. The zero-order chi connectivity index (χ0) is 12.7. The van der Waals surface area contributed by atoms with Crippen LogP contribution in [0, 0.1) is 18.3 Å². The maximum absolute atomic E-state index is 11.5. The molecule has 0 aliphatic carbocycles. The highest BCUT2D eigenvalue weighted by Crippen LogP contribution is 2.10. The van der Waals surface area contributed by atoms with E-state index in [0.717, 1.165) is 11.1 Å². The number of nitrogens with zero attached hydrogens (tertiary/aromatic N) is 1. The summed E-state index contributed by atoms with van der Waals surface area (Å²) in [4.78, 5) is 11.5. The molecule has 0 aliphatic heterocycles. The monoisotopic (exact) mass is 227 g/mol. The van der Waals surface area contributed by atoms with Crippen molar-refractivity contribution in [2.75, 3.05) is 6.61 Å². The van der Waals surface area contributed by atoms with Gasteiger partial charge in [0.05, 0.1) is 0 Å². The predicted octanol–water partition coefficient (Wildman–Crippen LogP) is 2.63. The van der Waals surface area contributed by atoms with E-state index in [1.165, 1.54) is 12.2 Å². The van der Waals surface area contributed by atoms with Crippen LogP contribution in [-0.2, 0) is 9.53 Å². The number of carbonyl (C=O) groups is 1. The summed E-state index contributed by atoms with van der Waals surface area (Å²) in [5.41, 5.74) is 1.85. The first-order valence-electron chi connectivity index (χ1n) is 5.14. The van der Waals surface area contributed by atoms with E-state index in [1.807, 2.05) is 37.3 Å². The van der Waals surface area contributed by atoms with E-state index >= 15 is 0 Å². The standard InChI is InChI=1S/C14H13NO2/c1-3-7-17-14(16)13(10-15)9-12-6-4-5-11(2)8-12/h3-6,8-9H,1,7H2,2H3/b13-9-. The molecule has 0 radical (unpaired) electrons. The number of hydrogen-bond acceptors (Lipinski definition) is 3. The number of hydrogen-bond donors (Lipinski definition) is 0. The van der Waals surface area contributed by atoms with Crippen LogP contribution in [0.2, 0.25) is 0 Å². The first-order valence-corrected chi connectivity index (χ1v) is 5.14. The van der Waals surface area contributed by atoms with Crippen molar-refractivity contribution >= 4 is 12.0 Å². The van der Waals surface area contributed by atoms with Gasteiger partial charge < -0.3 is 4.74 Å². The van der Waals surface area contributed by atoms with Gasteiger partial charge in [-0.2, -0.15) is 5.26 Å². The molecule has 0 spiro atoms. The molecule has 0 aromatic heterocycles. The zero-order valence-electron chi connectivity index (χ0n) is 9.64. The Morgan fingerprint density at radius 2 is 2.35 bits per heavy atom. The Kier molecular flexibility index (Phi) is 4.71. The molecule has 3 nitrogen and oxygen atoms in total. The SMILES string of the molecule is C=CCOC(=O)/C(C#N)=C\c1cccc(C)c1. The fourth-order valence-electron chi connectivity index (χ4n) is 1.28. The van der Waals surface area contributed by atoms with Crippen molar-refractivity contribution in [2.45, 2.75) is 6.92 Å². The smallest absolute Gasteiger partial charge is 0.349 e. The summed E-state index contributed by atoms with van der Waals surface area (Å²) < 4.78 is 4.80. The van der Waals surface area contributed by atoms with Gasteiger partial charge in [-0.15, -0.1) is 0 Å². The van der Waals surface area contributed by atoms with E-state index in [0.29, 0.717) is 0 Å². The second kappa shape index (κ2) is 6.29. The van der Waals surface area contributed by atoms with Crippen molar-refractivity contribution in [1.82, 2.24) is 0 Å². The molecule has 3 heteroatoms. The lowest BCUT2D eigenvalue weighted by Crippen LogP contribution is -2.06. The lowest BCUT2D eigenvalue weighted by Gasteiger charge is -2.00. The molecule has 0 aliphatic rings. The third-order valence-corrected chi connectivity index (χ3v) is 2.03. The van der Waals surface area contributed by atoms with Crippen LogP contribution in [0.5, 0.6) is 0 Å². The summed E-state index contributed by atoms with van der Waals surface area (Å²) in [6.45, 7) is 5.48. The minimum absolute atomic E-state index is 0.0162. The second-order valence-corrected chi connectivity index (χ2v) is 3.47. The Bertz CT molecular complexity index is 495. The molecular weight excluding hydrogens is 214 g/mol. The molecule has 1 aromatic rings. The van der Waals surface area contributed by atoms with Gasteiger partial charge in [0.25, 0.3) is 0 Å². The summed E-state index contributed by atoms with van der Waals surface area (Å²) >= 11 is 0. The van der Waals surface area contributed by atoms with Gasteiger partial charge in [0.15, 0.2) is 0 Å². The first kappa shape index (κ1) is 12.7. The average Bonchev–Trinajstić information content (AvgIpc) is 2.33. The molecule has 86 valence electrons. The lowest BCUT2D eigenvalue weighted by molar-refractivity contribution is -0.137. The third-order valence-electron chi connectivity index (χ3n) is 2.03. The Morgan fingerprint density at radius 1 is 1.59 bits per heavy atom. The van der Waals surface area contributed by atoms with Gasteiger partial charge in [-0.3, -0.25) is 0 Å². The first-order chi connectivity index (χ1) is 8.17. The molecule has 0 amide bonds. The van der Waals surface area contributed by atoms with Crippen molar-refractivity contribution in [3.05, 3.63) is 53.6 Å². The molecule has 0 heterocycles. The molecule has 0 fully saturated rings. The molecule has 0 atom stereocenters. The van der Waals surface area contributed by atoms with Crippen LogP contribution < -0.4 is 0 Å². The van der Waals surface area contributed by atoms with Crippen LogP contribution in [0.1, 0.15) is 11.1 Å². The van der Waals surface area contributed by atoms with E-state index < -0.39 is 5.97 Å². The van der Waals surface area contributed by atoms with Gasteiger partial charge in [-0.1, -0.05) is 42.5 Å². The van der Waals surface area contributed by atoms with Crippen molar-refractivity contribution in [3.8, 4) is 6.07 Å². The molecule has 0 unspecified atom stereocenters. The summed E-state index contributed by atoms with van der Waals surface area (Å²) in [5, 5.41) is 8.88. The normalized spacial score (nSPS) is 10.5. The van der Waals surface area contributed by atoms with Gasteiger partial charge >= 0.3 is 5.97 Å². The fraction of sp³-hybridized carbons (Fsp3) is 0.143. The molecule has 1 aromatic carbocycles. The Hall–Kier alpha value is -2.34. The van der Waals surface area contributed by atoms with E-state index in [1.54, 1.807) is 0 Å². The highest BCUT2D eigenvalue weighted by atomic mass is 16.5. The van der Waals surface area contributed by atoms with Crippen LogP contribution in [-0.4, -0.2) is 12.6 Å². The summed E-state index contributed by atoms with van der Waals surface area (Å²) in [6, 6.07) is 9.35. The maximum Gasteiger partial charge on any atom is 0.349 e. The van der Waals surface area contributed by atoms with Crippen molar-refractivity contribution in [1.29, 1.82) is 5.26 Å². The number of benzene rings is 1. The number of esters is 1. The van der Waals surface area contributed by atoms with Gasteiger partial charge in [0.1, 0.15) is 18.2 Å². The molecule has 0 saturated heterocycles. The van der Waals surface area contributed by atoms with Crippen molar-refractivity contribution < 1.29 is 9.53 Å². The van der Waals surface area contributed by atoms with Crippen LogP contribution in [0.4, 0.5) is 0 Å². The van der Waals surface area contributed by atoms with Crippen LogP contribution in [0.3, 0.4) is 0 Å². The van der Waals surface area contributed by atoms with Crippen molar-refractivity contribution in [2.24, 2.45) is 0 Å². The summed E-state index contributed by atoms with van der Waals surface area (Å²) in [6.07, 6.45) is 2.97. The molecule has 1 rings (SSSR count). The largest absolute Gasteiger partial charge is 0.457 e. The summed E-state index contributed by atoms with van der Waals surface area (Å²) in [7, 11) is 0. The lowest BCUT2D eigenvalue weighted by atomic mass is 10.1. The molecule has 0 saturated carbocycles. The third kappa shape index (κ3) is 3.96. The van der Waals surface area contributed by atoms with E-state index in [-0.39, 0.29) is 12.2 Å². The molecular formula is C14H13NO2. The topological polar surface area (TPSA) is 50.1 Å². The Balaban J connectivity index is 2.91. The minimum atomic E-state index is -0.631. The predicted molar refractivity (Wildman–Crippen MR) is 65.9 cm³/mol. The number of carbonyl (C=O) groups excluding carboxylic acids is 1. The average molecular weight is 227 g/mol. The quantitative estimate of drug-likeness (QED) is 0.344. The molecule has 17 heavy (non-hydrogen) atoms. The van der Waals surface area contributed by atoms with Crippen LogP contribution >= 0.6 is 0 Å². The Morgan fingerprint density at radius 3 is 2.94 bits per heavy atom. The minimum Gasteiger partial charge on any atom is -0.457 e. The van der Waals surface area contributed by atoms with Gasteiger partial charge in [-0.25, -0.2) is 4.79 Å². The van der Waals surface area contributed by atoms with Crippen LogP contribution in [0.25, 0.3) is 6.08 Å². The Labute approximate surface area is 101 Å². The van der Waals surface area contributed by atoms with Gasteiger partial charge in [0.2, 0.25) is 0 Å². The van der Waals surface area contributed by atoms with Crippen molar-refractivity contribution in [3.63, 3.8) is 0 Å². The molecule has 0 bridgehead atoms. The van der Waals surface area contributed by atoms with E-state index in [9.17, 15) is 4.79 Å². The number of aryl methyl sites for hydroxylation is 1. The van der Waals surface area contributed by atoms with E-state index in [4.69, 9.17) is 10.00 Å². The summed E-state index contributed by atoms with van der Waals surface area (Å²) in [5.74, 6) is -0.631. The van der Waals surface area contributed by atoms with Crippen LogP contribution in [0.15, 0.2) is 42.5 Å². The second-order valence-electron chi connectivity index (χ2n) is 3.47. The van der Waals surface area contributed by atoms with Gasteiger partial charge in [-0.05, 0) is 18.6 Å². The van der Waals surface area contributed by atoms with Gasteiger partial charge in [0, 0.05) is 0 Å². The van der Waals surface area contributed by atoms with E-state index in [2.05, 4.69) is 6.58 Å². The molecule has 0 N–H and O–H groups in total. The highest BCUT2D eigenvalue weighted by Gasteiger charge is 2.09. The zero-order valence-corrected chi connectivity index (χ0v) is 9.64. The number of ether oxygens (including phenoxy) is 1. The maximum atomic E-state index is 11.5.